The number of carbonyl (C=O) groups is 2. The summed E-state index contributed by atoms with van der Waals surface area (Å²) in [6, 6.07) is 5.51. The maximum atomic E-state index is 12.4. The molecule has 1 amide bonds. The molecule has 1 unspecified atom stereocenters. The van der Waals surface area contributed by atoms with Gasteiger partial charge >= 0.3 is 5.97 Å². The Morgan fingerprint density at radius 2 is 1.95 bits per heavy atom. The lowest BCUT2D eigenvalue weighted by molar-refractivity contribution is -0.151. The smallest absolute Gasteiger partial charge is 0.326 e. The van der Waals surface area contributed by atoms with Gasteiger partial charge in [-0.25, -0.2) is 13.2 Å². The van der Waals surface area contributed by atoms with Gasteiger partial charge in [-0.3, -0.25) is 4.79 Å². The molecule has 22 heavy (non-hydrogen) atoms. The Morgan fingerprint density at radius 3 is 2.59 bits per heavy atom. The van der Waals surface area contributed by atoms with Crippen LogP contribution in [0.1, 0.15) is 24.8 Å². The first-order chi connectivity index (χ1) is 10.3. The van der Waals surface area contributed by atoms with Crippen LogP contribution in [-0.2, 0) is 25.8 Å². The van der Waals surface area contributed by atoms with Gasteiger partial charge in [-0.15, -0.1) is 0 Å². The van der Waals surface area contributed by atoms with Crippen LogP contribution < -0.4 is 0 Å². The van der Waals surface area contributed by atoms with E-state index in [2.05, 4.69) is 0 Å². The number of aliphatic carboxylic acids is 1. The summed E-state index contributed by atoms with van der Waals surface area (Å²) in [5, 5.41) is 9.22. The van der Waals surface area contributed by atoms with Gasteiger partial charge in [-0.1, -0.05) is 18.2 Å². The van der Waals surface area contributed by atoms with Gasteiger partial charge in [0.1, 0.15) is 6.04 Å². The average molecular weight is 325 g/mol. The van der Waals surface area contributed by atoms with Gasteiger partial charge in [0, 0.05) is 12.8 Å². The molecular formula is C15H19NO5S. The first kappa shape index (κ1) is 16.5. The molecule has 2 rings (SSSR count). The lowest BCUT2D eigenvalue weighted by atomic mass is 10.0. The zero-order chi connectivity index (χ0) is 16.3. The van der Waals surface area contributed by atoms with Crippen LogP contribution >= 0.6 is 0 Å². The molecule has 1 aliphatic rings. The van der Waals surface area contributed by atoms with E-state index in [1.54, 1.807) is 18.2 Å². The van der Waals surface area contributed by atoms with E-state index >= 15 is 0 Å². The minimum atomic E-state index is -3.43. The van der Waals surface area contributed by atoms with Crippen molar-refractivity contribution in [2.45, 2.75) is 36.6 Å². The van der Waals surface area contributed by atoms with Crippen molar-refractivity contribution in [2.24, 2.45) is 0 Å². The molecule has 7 heteroatoms. The first-order valence-corrected chi connectivity index (χ1v) is 9.00. The normalized spacial score (nSPS) is 19.0. The van der Waals surface area contributed by atoms with E-state index in [-0.39, 0.29) is 17.2 Å². The Bertz CT molecular complexity index is 683. The fourth-order valence-corrected chi connectivity index (χ4v) is 3.71. The number of likely N-dealkylation sites (tertiary alicyclic amines) is 1. The number of carboxylic acids is 1. The zero-order valence-electron chi connectivity index (χ0n) is 12.4. The number of hydrogen-bond acceptors (Lipinski definition) is 4. The van der Waals surface area contributed by atoms with Crippen LogP contribution in [0.4, 0.5) is 0 Å². The fraction of sp³-hybridized carbons (Fsp3) is 0.467. The largest absolute Gasteiger partial charge is 0.480 e. The van der Waals surface area contributed by atoms with E-state index in [1.165, 1.54) is 11.0 Å². The number of benzene rings is 1. The lowest BCUT2D eigenvalue weighted by Gasteiger charge is -2.33. The number of sulfone groups is 1. The Morgan fingerprint density at radius 1 is 1.27 bits per heavy atom. The molecule has 0 spiro atoms. The predicted molar refractivity (Wildman–Crippen MR) is 80.2 cm³/mol. The van der Waals surface area contributed by atoms with Crippen LogP contribution in [0.5, 0.6) is 0 Å². The number of carbonyl (C=O) groups excluding carboxylic acids is 1. The molecule has 0 bridgehead atoms. The first-order valence-electron chi connectivity index (χ1n) is 7.11. The van der Waals surface area contributed by atoms with Gasteiger partial charge in [-0.05, 0) is 30.9 Å². The summed E-state index contributed by atoms with van der Waals surface area (Å²) in [5.41, 5.74) is 0.407. The Labute approximate surface area is 129 Å². The molecule has 0 aromatic heterocycles. The second-order valence-electron chi connectivity index (χ2n) is 5.49. The van der Waals surface area contributed by atoms with Gasteiger partial charge in [0.05, 0.1) is 11.3 Å². The number of piperidine rings is 1. The molecule has 1 N–H and O–H groups in total. The number of hydrogen-bond donors (Lipinski definition) is 1. The second kappa shape index (κ2) is 6.48. The monoisotopic (exact) mass is 325 g/mol. The number of amides is 1. The van der Waals surface area contributed by atoms with Crippen LogP contribution in [0, 0.1) is 0 Å². The Balaban J connectivity index is 2.24. The number of carboxylic acid groups (broad SMARTS) is 1. The molecule has 0 saturated carbocycles. The van der Waals surface area contributed by atoms with Crippen molar-refractivity contribution in [3.05, 3.63) is 29.8 Å². The van der Waals surface area contributed by atoms with Gasteiger partial charge in [0.15, 0.2) is 9.84 Å². The van der Waals surface area contributed by atoms with Crippen LogP contribution in [0.15, 0.2) is 29.2 Å². The molecule has 1 atom stereocenters. The molecule has 1 aliphatic heterocycles. The quantitative estimate of drug-likeness (QED) is 0.895. The van der Waals surface area contributed by atoms with Crippen LogP contribution in [-0.4, -0.2) is 49.1 Å². The topological polar surface area (TPSA) is 91.8 Å². The maximum Gasteiger partial charge on any atom is 0.326 e. The molecular weight excluding hydrogens is 306 g/mol. The summed E-state index contributed by atoms with van der Waals surface area (Å²) >= 11 is 0. The summed E-state index contributed by atoms with van der Waals surface area (Å²) in [4.78, 5) is 25.2. The van der Waals surface area contributed by atoms with Crippen molar-refractivity contribution in [1.29, 1.82) is 0 Å². The summed E-state index contributed by atoms with van der Waals surface area (Å²) in [7, 11) is -3.43. The highest BCUT2D eigenvalue weighted by molar-refractivity contribution is 7.90. The minimum Gasteiger partial charge on any atom is -0.480 e. The van der Waals surface area contributed by atoms with Crippen molar-refractivity contribution in [2.75, 3.05) is 12.8 Å². The predicted octanol–water partition coefficient (Wildman–Crippen LogP) is 1.10. The molecule has 0 aliphatic carbocycles. The molecule has 6 nitrogen and oxygen atoms in total. The SMILES string of the molecule is CS(=O)(=O)c1ccccc1CC(=O)N1CCCCC1C(=O)O. The van der Waals surface area contributed by atoms with E-state index in [9.17, 15) is 23.1 Å². The molecule has 120 valence electrons. The van der Waals surface area contributed by atoms with Crippen molar-refractivity contribution in [3.8, 4) is 0 Å². The molecule has 1 aromatic carbocycles. The van der Waals surface area contributed by atoms with Crippen LogP contribution in [0.2, 0.25) is 0 Å². The Hall–Kier alpha value is -1.89. The highest BCUT2D eigenvalue weighted by Gasteiger charge is 2.32. The third-order valence-corrected chi connectivity index (χ3v) is 5.02. The summed E-state index contributed by atoms with van der Waals surface area (Å²) in [5.74, 6) is -1.35. The van der Waals surface area contributed by atoms with E-state index in [1.807, 2.05) is 0 Å². The van der Waals surface area contributed by atoms with Gasteiger partial charge in [-0.2, -0.15) is 0 Å². The van der Waals surface area contributed by atoms with Crippen molar-refractivity contribution in [3.63, 3.8) is 0 Å². The summed E-state index contributed by atoms with van der Waals surface area (Å²) < 4.78 is 23.5. The number of nitrogens with zero attached hydrogens (tertiary/aromatic N) is 1. The highest BCUT2D eigenvalue weighted by Crippen LogP contribution is 2.21. The molecule has 1 fully saturated rings. The van der Waals surface area contributed by atoms with Crippen molar-refractivity contribution in [1.82, 2.24) is 4.90 Å². The van der Waals surface area contributed by atoms with Crippen molar-refractivity contribution >= 4 is 21.7 Å². The number of rotatable bonds is 4. The minimum absolute atomic E-state index is 0.104. The average Bonchev–Trinajstić information content (AvgIpc) is 2.46. The van der Waals surface area contributed by atoms with Gasteiger partial charge < -0.3 is 10.0 Å². The second-order valence-corrected chi connectivity index (χ2v) is 7.48. The molecule has 1 aromatic rings. The molecule has 0 radical (unpaired) electrons. The van der Waals surface area contributed by atoms with E-state index in [0.29, 0.717) is 18.5 Å². The van der Waals surface area contributed by atoms with Gasteiger partial charge in [0.25, 0.3) is 0 Å². The zero-order valence-corrected chi connectivity index (χ0v) is 13.2. The maximum absolute atomic E-state index is 12.4. The van der Waals surface area contributed by atoms with Gasteiger partial charge in [0.2, 0.25) is 5.91 Å². The van der Waals surface area contributed by atoms with E-state index < -0.39 is 21.8 Å². The molecule has 1 saturated heterocycles. The highest BCUT2D eigenvalue weighted by atomic mass is 32.2. The lowest BCUT2D eigenvalue weighted by Crippen LogP contribution is -2.48. The van der Waals surface area contributed by atoms with E-state index in [0.717, 1.165) is 19.1 Å². The standard InChI is InChI=1S/C15H19NO5S/c1-22(20,21)13-8-3-2-6-11(13)10-14(17)16-9-5-4-7-12(16)15(18)19/h2-3,6,8,12H,4-5,7,9-10H2,1H3,(H,18,19). The third-order valence-electron chi connectivity index (χ3n) is 3.82. The van der Waals surface area contributed by atoms with E-state index in [4.69, 9.17) is 0 Å². The fourth-order valence-electron chi connectivity index (χ4n) is 2.76. The Kier molecular flexibility index (Phi) is 4.85. The van der Waals surface area contributed by atoms with Crippen molar-refractivity contribution < 1.29 is 23.1 Å². The molecule has 1 heterocycles. The van der Waals surface area contributed by atoms with Crippen LogP contribution in [0.25, 0.3) is 0 Å². The summed E-state index contributed by atoms with van der Waals surface area (Å²) in [6.45, 7) is 0.400. The summed E-state index contributed by atoms with van der Waals surface area (Å²) in [6.07, 6.45) is 2.98. The third kappa shape index (κ3) is 3.65. The van der Waals surface area contributed by atoms with Crippen LogP contribution in [0.3, 0.4) is 0 Å².